The highest BCUT2D eigenvalue weighted by molar-refractivity contribution is 6.30. The third-order valence-electron chi connectivity index (χ3n) is 3.19. The van der Waals surface area contributed by atoms with E-state index < -0.39 is 11.6 Å². The largest absolute Gasteiger partial charge is 0.325 e. The fourth-order valence-corrected chi connectivity index (χ4v) is 2.08. The van der Waals surface area contributed by atoms with Crippen LogP contribution in [0.2, 0.25) is 5.02 Å². The molecule has 0 atom stereocenters. The number of nitrogens with two attached hydrogens (primary N) is 1. The summed E-state index contributed by atoms with van der Waals surface area (Å²) in [6, 6.07) is 1.31. The van der Waals surface area contributed by atoms with Gasteiger partial charge in [0, 0.05) is 11.1 Å². The van der Waals surface area contributed by atoms with E-state index in [9.17, 15) is 8.78 Å². The smallest absolute Gasteiger partial charge is 0.147 e. The van der Waals surface area contributed by atoms with Crippen LogP contribution in [0.4, 0.5) is 8.78 Å². The molecule has 1 aromatic rings. The van der Waals surface area contributed by atoms with Crippen molar-refractivity contribution in [3.8, 4) is 0 Å². The summed E-state index contributed by atoms with van der Waals surface area (Å²) in [4.78, 5) is 0. The monoisotopic (exact) mass is 245 g/mol. The van der Waals surface area contributed by atoms with Crippen molar-refractivity contribution in [1.29, 1.82) is 0 Å². The first kappa shape index (κ1) is 11.8. The molecule has 16 heavy (non-hydrogen) atoms. The van der Waals surface area contributed by atoms with Crippen molar-refractivity contribution in [2.45, 2.75) is 38.1 Å². The molecule has 2 rings (SSSR count). The summed E-state index contributed by atoms with van der Waals surface area (Å²) in [7, 11) is 0. The molecule has 0 saturated heterocycles. The Morgan fingerprint density at radius 1 is 1.38 bits per heavy atom. The number of hydrogen-bond acceptors (Lipinski definition) is 1. The van der Waals surface area contributed by atoms with Gasteiger partial charge >= 0.3 is 0 Å². The quantitative estimate of drug-likeness (QED) is 0.812. The number of halogens is 3. The average molecular weight is 246 g/mol. The summed E-state index contributed by atoms with van der Waals surface area (Å²) in [6.07, 6.45) is 2.81. The van der Waals surface area contributed by atoms with Gasteiger partial charge in [-0.15, -0.1) is 0 Å². The van der Waals surface area contributed by atoms with E-state index in [1.165, 1.54) is 6.07 Å². The van der Waals surface area contributed by atoms with Gasteiger partial charge in [-0.05, 0) is 44.2 Å². The second-order valence-electron chi connectivity index (χ2n) is 4.64. The van der Waals surface area contributed by atoms with Crippen LogP contribution in [0.5, 0.6) is 0 Å². The lowest BCUT2D eigenvalue weighted by molar-refractivity contribution is 0.525. The highest BCUT2D eigenvalue weighted by atomic mass is 35.5. The standard InChI is InChI=1S/C12H14ClF2N/c1-7-6-9(13)11(15)8(10(7)14)2-3-12(16)4-5-12/h6H,2-5,16H2,1H3. The van der Waals surface area contributed by atoms with Crippen molar-refractivity contribution >= 4 is 11.6 Å². The van der Waals surface area contributed by atoms with Gasteiger partial charge in [0.25, 0.3) is 0 Å². The molecule has 0 bridgehead atoms. The number of benzene rings is 1. The maximum atomic E-state index is 13.7. The molecule has 1 nitrogen and oxygen atoms in total. The molecule has 0 spiro atoms. The Labute approximate surface area is 98.6 Å². The van der Waals surface area contributed by atoms with Gasteiger partial charge < -0.3 is 5.73 Å². The lowest BCUT2D eigenvalue weighted by Gasteiger charge is -2.12. The molecule has 1 aliphatic rings. The molecule has 0 aliphatic heterocycles. The van der Waals surface area contributed by atoms with Crippen LogP contribution in [0.15, 0.2) is 6.07 Å². The van der Waals surface area contributed by atoms with E-state index in [0.29, 0.717) is 18.4 Å². The van der Waals surface area contributed by atoms with E-state index in [0.717, 1.165) is 12.8 Å². The number of hydrogen-bond donors (Lipinski definition) is 1. The van der Waals surface area contributed by atoms with Gasteiger partial charge in [0.05, 0.1) is 5.02 Å². The predicted octanol–water partition coefficient (Wildman–Crippen LogP) is 3.35. The maximum Gasteiger partial charge on any atom is 0.147 e. The van der Waals surface area contributed by atoms with Crippen LogP contribution in [-0.2, 0) is 6.42 Å². The second-order valence-corrected chi connectivity index (χ2v) is 5.05. The zero-order valence-corrected chi connectivity index (χ0v) is 9.87. The molecule has 4 heteroatoms. The Hall–Kier alpha value is -0.670. The van der Waals surface area contributed by atoms with Gasteiger partial charge in [0.15, 0.2) is 0 Å². The Balaban J connectivity index is 2.24. The number of rotatable bonds is 3. The first-order chi connectivity index (χ1) is 7.43. The SMILES string of the molecule is Cc1cc(Cl)c(F)c(CCC2(N)CC2)c1F. The minimum Gasteiger partial charge on any atom is -0.325 e. The molecule has 0 amide bonds. The Bertz CT molecular complexity index is 401. The molecule has 1 fully saturated rings. The lowest BCUT2D eigenvalue weighted by Crippen LogP contribution is -2.22. The topological polar surface area (TPSA) is 26.0 Å². The van der Waals surface area contributed by atoms with Gasteiger partial charge in [-0.25, -0.2) is 8.78 Å². The highest BCUT2D eigenvalue weighted by Crippen LogP contribution is 2.37. The van der Waals surface area contributed by atoms with Crippen molar-refractivity contribution in [3.05, 3.63) is 33.9 Å². The fourth-order valence-electron chi connectivity index (χ4n) is 1.80. The molecule has 0 aromatic heterocycles. The minimum absolute atomic E-state index is 0.0178. The number of aryl methyl sites for hydroxylation is 1. The Morgan fingerprint density at radius 2 is 2.00 bits per heavy atom. The van der Waals surface area contributed by atoms with Crippen LogP contribution < -0.4 is 5.73 Å². The maximum absolute atomic E-state index is 13.7. The summed E-state index contributed by atoms with van der Waals surface area (Å²) in [5, 5.41) is -0.0178. The van der Waals surface area contributed by atoms with Crippen LogP contribution in [0, 0.1) is 18.6 Å². The van der Waals surface area contributed by atoms with Crippen molar-refractivity contribution in [2.24, 2.45) is 5.73 Å². The van der Waals surface area contributed by atoms with Crippen LogP contribution >= 0.6 is 11.6 Å². The lowest BCUT2D eigenvalue weighted by atomic mass is 10.0. The third-order valence-corrected chi connectivity index (χ3v) is 3.47. The van der Waals surface area contributed by atoms with Gasteiger partial charge in [-0.1, -0.05) is 11.6 Å². The van der Waals surface area contributed by atoms with Crippen molar-refractivity contribution in [3.63, 3.8) is 0 Å². The zero-order chi connectivity index (χ0) is 11.9. The first-order valence-electron chi connectivity index (χ1n) is 5.35. The Morgan fingerprint density at radius 3 is 2.56 bits per heavy atom. The molecule has 1 aromatic carbocycles. The van der Waals surface area contributed by atoms with Crippen LogP contribution in [0.1, 0.15) is 30.4 Å². The third kappa shape index (κ3) is 2.20. The molecule has 0 heterocycles. The summed E-state index contributed by atoms with van der Waals surface area (Å²) in [5.74, 6) is -1.14. The first-order valence-corrected chi connectivity index (χ1v) is 5.73. The van der Waals surface area contributed by atoms with Gasteiger partial charge in [0.2, 0.25) is 0 Å². The molecular formula is C12H14ClF2N. The van der Waals surface area contributed by atoms with Crippen LogP contribution in [0.3, 0.4) is 0 Å². The van der Waals surface area contributed by atoms with Crippen LogP contribution in [-0.4, -0.2) is 5.54 Å². The fraction of sp³-hybridized carbons (Fsp3) is 0.500. The van der Waals surface area contributed by atoms with E-state index >= 15 is 0 Å². The van der Waals surface area contributed by atoms with Crippen molar-refractivity contribution in [2.75, 3.05) is 0 Å². The summed E-state index contributed by atoms with van der Waals surface area (Å²) >= 11 is 5.68. The zero-order valence-electron chi connectivity index (χ0n) is 9.12. The molecule has 1 aliphatic carbocycles. The van der Waals surface area contributed by atoms with E-state index in [4.69, 9.17) is 17.3 Å². The van der Waals surface area contributed by atoms with Gasteiger partial charge in [-0.3, -0.25) is 0 Å². The molecule has 0 unspecified atom stereocenters. The minimum atomic E-state index is -0.644. The molecule has 1 saturated carbocycles. The van der Waals surface area contributed by atoms with E-state index in [2.05, 4.69) is 0 Å². The second kappa shape index (κ2) is 3.97. The van der Waals surface area contributed by atoms with Crippen molar-refractivity contribution < 1.29 is 8.78 Å². The van der Waals surface area contributed by atoms with E-state index in [-0.39, 0.29) is 16.1 Å². The Kier molecular flexibility index (Phi) is 2.93. The van der Waals surface area contributed by atoms with Gasteiger partial charge in [-0.2, -0.15) is 0 Å². The highest BCUT2D eigenvalue weighted by Gasteiger charge is 2.37. The summed E-state index contributed by atoms with van der Waals surface area (Å²) in [5.41, 5.74) is 6.14. The summed E-state index contributed by atoms with van der Waals surface area (Å²) in [6.45, 7) is 1.58. The predicted molar refractivity (Wildman–Crippen MR) is 60.6 cm³/mol. The average Bonchev–Trinajstić information content (AvgIpc) is 2.94. The summed E-state index contributed by atoms with van der Waals surface area (Å²) < 4.78 is 27.3. The van der Waals surface area contributed by atoms with Crippen LogP contribution in [0.25, 0.3) is 0 Å². The van der Waals surface area contributed by atoms with E-state index in [1.54, 1.807) is 6.92 Å². The van der Waals surface area contributed by atoms with E-state index in [1.807, 2.05) is 0 Å². The normalized spacial score (nSPS) is 17.6. The molecule has 2 N–H and O–H groups in total. The molecule has 88 valence electrons. The molecular weight excluding hydrogens is 232 g/mol. The van der Waals surface area contributed by atoms with Gasteiger partial charge in [0.1, 0.15) is 11.6 Å². The molecule has 0 radical (unpaired) electrons. The van der Waals surface area contributed by atoms with Crippen molar-refractivity contribution in [1.82, 2.24) is 0 Å².